The van der Waals surface area contributed by atoms with Crippen molar-refractivity contribution in [2.45, 2.75) is 53.0 Å². The summed E-state index contributed by atoms with van der Waals surface area (Å²) in [5.41, 5.74) is -0.194. The SMILES string of the molecule is CCc1ccc([C@H](NC(=O)C[C@@H]2CCS(=O)(=O)C2)C(C)(C)C)o1. The van der Waals surface area contributed by atoms with Gasteiger partial charge in [-0.05, 0) is 29.9 Å². The third-order valence-corrected chi connectivity index (χ3v) is 6.12. The molecular formula is C17H27NO4S. The average molecular weight is 341 g/mol. The number of carbonyl (C=O) groups is 1. The summed E-state index contributed by atoms with van der Waals surface area (Å²) in [6, 6.07) is 3.62. The zero-order chi connectivity index (χ0) is 17.3. The van der Waals surface area contributed by atoms with Crippen LogP contribution in [0.25, 0.3) is 0 Å². The van der Waals surface area contributed by atoms with Crippen LogP contribution in [0.2, 0.25) is 0 Å². The van der Waals surface area contributed by atoms with E-state index >= 15 is 0 Å². The van der Waals surface area contributed by atoms with E-state index in [4.69, 9.17) is 4.42 Å². The summed E-state index contributed by atoms with van der Waals surface area (Å²) >= 11 is 0. The van der Waals surface area contributed by atoms with Crippen LogP contribution in [0.4, 0.5) is 0 Å². The van der Waals surface area contributed by atoms with Crippen LogP contribution in [0.5, 0.6) is 0 Å². The lowest BCUT2D eigenvalue weighted by Gasteiger charge is -2.30. The molecule has 1 aromatic heterocycles. The molecule has 5 nitrogen and oxygen atoms in total. The van der Waals surface area contributed by atoms with Crippen LogP contribution in [0.3, 0.4) is 0 Å². The second-order valence-corrected chi connectivity index (χ2v) is 9.73. The molecule has 0 bridgehead atoms. The highest BCUT2D eigenvalue weighted by Gasteiger charge is 2.33. The van der Waals surface area contributed by atoms with Gasteiger partial charge in [0.2, 0.25) is 5.91 Å². The molecule has 0 radical (unpaired) electrons. The van der Waals surface area contributed by atoms with Crippen molar-refractivity contribution in [3.63, 3.8) is 0 Å². The molecule has 1 aliphatic rings. The van der Waals surface area contributed by atoms with E-state index in [-0.39, 0.29) is 41.2 Å². The molecule has 0 aromatic carbocycles. The van der Waals surface area contributed by atoms with Crippen LogP contribution in [0.1, 0.15) is 58.1 Å². The minimum atomic E-state index is -2.95. The molecule has 23 heavy (non-hydrogen) atoms. The first-order valence-corrected chi connectivity index (χ1v) is 10.0. The van der Waals surface area contributed by atoms with E-state index in [0.29, 0.717) is 6.42 Å². The zero-order valence-corrected chi connectivity index (χ0v) is 15.2. The Morgan fingerprint density at radius 3 is 2.57 bits per heavy atom. The van der Waals surface area contributed by atoms with Gasteiger partial charge in [-0.25, -0.2) is 8.42 Å². The number of amides is 1. The molecule has 0 saturated carbocycles. The Balaban J connectivity index is 2.05. The Labute approximate surface area is 138 Å². The number of carbonyl (C=O) groups excluding carboxylic acids is 1. The molecule has 1 saturated heterocycles. The molecule has 2 rings (SSSR count). The van der Waals surface area contributed by atoms with Crippen molar-refractivity contribution < 1.29 is 17.6 Å². The molecule has 0 unspecified atom stereocenters. The van der Waals surface area contributed by atoms with Gasteiger partial charge in [0.1, 0.15) is 11.5 Å². The quantitative estimate of drug-likeness (QED) is 0.893. The highest BCUT2D eigenvalue weighted by molar-refractivity contribution is 7.91. The summed E-state index contributed by atoms with van der Waals surface area (Å²) in [4.78, 5) is 12.4. The standard InChI is InChI=1S/C17H27NO4S/c1-5-13-6-7-14(22-13)16(17(2,3)4)18-15(19)10-12-8-9-23(20,21)11-12/h6-7,12,16H,5,8-11H2,1-4H3,(H,18,19)/t12-,16-/m0/s1. The smallest absolute Gasteiger partial charge is 0.220 e. The number of rotatable bonds is 5. The van der Waals surface area contributed by atoms with Crippen LogP contribution in [0.15, 0.2) is 16.5 Å². The predicted octanol–water partition coefficient (Wildman–Crippen LogP) is 2.87. The molecule has 1 fully saturated rings. The van der Waals surface area contributed by atoms with Crippen molar-refractivity contribution in [3.05, 3.63) is 23.7 Å². The first kappa shape index (κ1) is 18.0. The maximum Gasteiger partial charge on any atom is 0.220 e. The summed E-state index contributed by atoms with van der Waals surface area (Å²) in [5.74, 6) is 1.80. The lowest BCUT2D eigenvalue weighted by molar-refractivity contribution is -0.123. The number of hydrogen-bond donors (Lipinski definition) is 1. The highest BCUT2D eigenvalue weighted by Crippen LogP contribution is 2.34. The van der Waals surface area contributed by atoms with Crippen molar-refractivity contribution in [3.8, 4) is 0 Å². The summed E-state index contributed by atoms with van der Waals surface area (Å²) < 4.78 is 28.8. The van der Waals surface area contributed by atoms with E-state index in [2.05, 4.69) is 5.32 Å². The Hall–Kier alpha value is -1.30. The summed E-state index contributed by atoms with van der Waals surface area (Å²) in [6.45, 7) is 8.16. The van der Waals surface area contributed by atoms with Crippen LogP contribution >= 0.6 is 0 Å². The van der Waals surface area contributed by atoms with Gasteiger partial charge in [-0.1, -0.05) is 27.7 Å². The number of hydrogen-bond acceptors (Lipinski definition) is 4. The van der Waals surface area contributed by atoms with Gasteiger partial charge in [-0.2, -0.15) is 0 Å². The van der Waals surface area contributed by atoms with Gasteiger partial charge in [-0.15, -0.1) is 0 Å². The first-order valence-electron chi connectivity index (χ1n) is 8.19. The van der Waals surface area contributed by atoms with Gasteiger partial charge < -0.3 is 9.73 Å². The van der Waals surface area contributed by atoms with E-state index in [0.717, 1.165) is 17.9 Å². The summed E-state index contributed by atoms with van der Waals surface area (Å²) in [6.07, 6.45) is 1.65. The van der Waals surface area contributed by atoms with Gasteiger partial charge in [0.25, 0.3) is 0 Å². The molecule has 1 aromatic rings. The fourth-order valence-electron chi connectivity index (χ4n) is 2.97. The number of furan rings is 1. The molecule has 6 heteroatoms. The second-order valence-electron chi connectivity index (χ2n) is 7.50. The van der Waals surface area contributed by atoms with E-state index in [1.807, 2.05) is 39.8 Å². The largest absolute Gasteiger partial charge is 0.464 e. The summed E-state index contributed by atoms with van der Waals surface area (Å²) in [5, 5.41) is 3.04. The molecule has 0 spiro atoms. The second kappa shape index (κ2) is 6.67. The number of aryl methyl sites for hydroxylation is 1. The third kappa shape index (κ3) is 4.83. The Bertz CT molecular complexity index is 654. The van der Waals surface area contributed by atoms with E-state index in [9.17, 15) is 13.2 Å². The lowest BCUT2D eigenvalue weighted by Crippen LogP contribution is -2.37. The van der Waals surface area contributed by atoms with Gasteiger partial charge in [0, 0.05) is 12.8 Å². The van der Waals surface area contributed by atoms with Crippen LogP contribution in [0, 0.1) is 11.3 Å². The van der Waals surface area contributed by atoms with Crippen molar-refractivity contribution >= 4 is 15.7 Å². The monoisotopic (exact) mass is 341 g/mol. The highest BCUT2D eigenvalue weighted by atomic mass is 32.2. The molecule has 1 amide bonds. The molecular weight excluding hydrogens is 314 g/mol. The molecule has 130 valence electrons. The molecule has 2 heterocycles. The number of nitrogens with one attached hydrogen (secondary N) is 1. The van der Waals surface area contributed by atoms with Gasteiger partial charge in [0.05, 0.1) is 17.5 Å². The van der Waals surface area contributed by atoms with Gasteiger partial charge >= 0.3 is 0 Å². The minimum absolute atomic E-state index is 0.0663. The fourth-order valence-corrected chi connectivity index (χ4v) is 4.83. The normalized spacial score (nSPS) is 22.0. The van der Waals surface area contributed by atoms with E-state index in [1.165, 1.54) is 0 Å². The van der Waals surface area contributed by atoms with Crippen molar-refractivity contribution in [2.24, 2.45) is 11.3 Å². The molecule has 1 N–H and O–H groups in total. The summed E-state index contributed by atoms with van der Waals surface area (Å²) in [7, 11) is -2.95. The topological polar surface area (TPSA) is 76.4 Å². The van der Waals surface area contributed by atoms with Crippen molar-refractivity contribution in [2.75, 3.05) is 11.5 Å². The lowest BCUT2D eigenvalue weighted by atomic mass is 9.85. The Morgan fingerprint density at radius 1 is 1.39 bits per heavy atom. The molecule has 1 aliphatic heterocycles. The molecule has 2 atom stereocenters. The Morgan fingerprint density at radius 2 is 2.09 bits per heavy atom. The predicted molar refractivity (Wildman–Crippen MR) is 89.8 cm³/mol. The first-order chi connectivity index (χ1) is 10.6. The number of sulfone groups is 1. The van der Waals surface area contributed by atoms with Crippen LogP contribution in [-0.2, 0) is 21.1 Å². The van der Waals surface area contributed by atoms with Crippen LogP contribution < -0.4 is 5.32 Å². The van der Waals surface area contributed by atoms with Gasteiger partial charge in [-0.3, -0.25) is 4.79 Å². The molecule has 0 aliphatic carbocycles. The van der Waals surface area contributed by atoms with Gasteiger partial charge in [0.15, 0.2) is 9.84 Å². The Kier molecular flexibility index (Phi) is 5.23. The maximum absolute atomic E-state index is 12.4. The fraction of sp³-hybridized carbons (Fsp3) is 0.706. The zero-order valence-electron chi connectivity index (χ0n) is 14.4. The van der Waals surface area contributed by atoms with Crippen LogP contribution in [-0.4, -0.2) is 25.8 Å². The van der Waals surface area contributed by atoms with E-state index < -0.39 is 9.84 Å². The van der Waals surface area contributed by atoms with E-state index in [1.54, 1.807) is 0 Å². The maximum atomic E-state index is 12.4. The average Bonchev–Trinajstić information content (AvgIpc) is 3.01. The minimum Gasteiger partial charge on any atom is -0.464 e. The third-order valence-electron chi connectivity index (χ3n) is 4.29. The van der Waals surface area contributed by atoms with Crippen molar-refractivity contribution in [1.82, 2.24) is 5.32 Å². The van der Waals surface area contributed by atoms with Crippen molar-refractivity contribution in [1.29, 1.82) is 0 Å².